The fourth-order valence-electron chi connectivity index (χ4n) is 1.91. The van der Waals surface area contributed by atoms with Gasteiger partial charge < -0.3 is 15.4 Å². The highest BCUT2D eigenvalue weighted by Gasteiger charge is 2.27. The molecule has 0 aromatic carbocycles. The van der Waals surface area contributed by atoms with Crippen molar-refractivity contribution in [2.24, 2.45) is 5.92 Å². The maximum Gasteiger partial charge on any atom is 0.390 e. The summed E-state index contributed by atoms with van der Waals surface area (Å²) in [5.74, 6) is 0.326. The lowest BCUT2D eigenvalue weighted by Crippen LogP contribution is -2.45. The highest BCUT2D eigenvalue weighted by atomic mass is 19.4. The Balaban J connectivity index is 2.18. The van der Waals surface area contributed by atoms with Crippen LogP contribution in [0.5, 0.6) is 0 Å². The maximum atomic E-state index is 11.9. The predicted octanol–water partition coefficient (Wildman–Crippen LogP) is 2.05. The first-order chi connectivity index (χ1) is 8.38. The van der Waals surface area contributed by atoms with Gasteiger partial charge in [-0.3, -0.25) is 0 Å². The van der Waals surface area contributed by atoms with Crippen molar-refractivity contribution < 1.29 is 22.7 Å². The summed E-state index contributed by atoms with van der Waals surface area (Å²) in [6.45, 7) is 2.81. The monoisotopic (exact) mass is 268 g/mol. The van der Waals surface area contributed by atoms with Crippen molar-refractivity contribution >= 4 is 6.03 Å². The number of rotatable bonds is 4. The summed E-state index contributed by atoms with van der Waals surface area (Å²) >= 11 is 0. The number of alkyl halides is 3. The van der Waals surface area contributed by atoms with Gasteiger partial charge in [0.2, 0.25) is 0 Å². The molecule has 0 unspecified atom stereocenters. The van der Waals surface area contributed by atoms with Gasteiger partial charge in [-0.05, 0) is 25.7 Å². The number of nitrogens with one attached hydrogen (secondary N) is 2. The molecule has 1 heterocycles. The zero-order valence-electron chi connectivity index (χ0n) is 10.3. The molecule has 4 nitrogen and oxygen atoms in total. The summed E-state index contributed by atoms with van der Waals surface area (Å²) in [5.41, 5.74) is 0. The summed E-state index contributed by atoms with van der Waals surface area (Å²) in [7, 11) is 0. The van der Waals surface area contributed by atoms with Crippen molar-refractivity contribution in [3.05, 3.63) is 0 Å². The minimum Gasteiger partial charge on any atom is -0.381 e. The van der Waals surface area contributed by atoms with Crippen LogP contribution in [0.25, 0.3) is 0 Å². The number of hydrogen-bond acceptors (Lipinski definition) is 2. The van der Waals surface area contributed by atoms with E-state index in [0.29, 0.717) is 19.1 Å². The number of halogens is 3. The highest BCUT2D eigenvalue weighted by Crippen LogP contribution is 2.19. The second-order valence-electron chi connectivity index (χ2n) is 4.50. The van der Waals surface area contributed by atoms with Crippen LogP contribution in [-0.4, -0.2) is 38.0 Å². The lowest BCUT2D eigenvalue weighted by atomic mass is 9.93. The maximum absolute atomic E-state index is 11.9. The van der Waals surface area contributed by atoms with Gasteiger partial charge in [0.1, 0.15) is 0 Å². The van der Waals surface area contributed by atoms with E-state index in [9.17, 15) is 18.0 Å². The smallest absolute Gasteiger partial charge is 0.381 e. The Labute approximate surface area is 104 Å². The topological polar surface area (TPSA) is 50.4 Å². The molecule has 0 aromatic heterocycles. The molecule has 0 saturated carbocycles. The van der Waals surface area contributed by atoms with Crippen LogP contribution in [0.2, 0.25) is 0 Å². The summed E-state index contributed by atoms with van der Waals surface area (Å²) in [6, 6.07) is -0.599. The zero-order chi connectivity index (χ0) is 13.6. The van der Waals surface area contributed by atoms with E-state index in [2.05, 4.69) is 10.6 Å². The Bertz CT molecular complexity index is 266. The average Bonchev–Trinajstić information content (AvgIpc) is 2.28. The molecular formula is C11H19F3N2O2. The molecule has 1 rings (SSSR count). The van der Waals surface area contributed by atoms with Crippen molar-refractivity contribution in [3.8, 4) is 0 Å². The Hall–Kier alpha value is -0.980. The Morgan fingerprint density at radius 3 is 2.56 bits per heavy atom. The van der Waals surface area contributed by atoms with Crippen molar-refractivity contribution in [2.75, 3.05) is 19.8 Å². The molecule has 0 aromatic rings. The van der Waals surface area contributed by atoms with Gasteiger partial charge in [-0.25, -0.2) is 4.79 Å². The molecule has 7 heteroatoms. The lowest BCUT2D eigenvalue weighted by molar-refractivity contribution is -0.132. The molecule has 1 fully saturated rings. The van der Waals surface area contributed by atoms with E-state index in [1.807, 2.05) is 6.92 Å². The molecule has 1 aliphatic rings. The first-order valence-electron chi connectivity index (χ1n) is 6.07. The molecule has 1 saturated heterocycles. The quantitative estimate of drug-likeness (QED) is 0.820. The minimum atomic E-state index is -4.24. The van der Waals surface area contributed by atoms with Crippen LogP contribution in [-0.2, 0) is 4.74 Å². The fraction of sp³-hybridized carbons (Fsp3) is 0.909. The standard InChI is InChI=1S/C11H19F3N2O2/c1-8(9-2-6-18-7-3-9)16-10(17)15-5-4-11(12,13)14/h8-9H,2-7H2,1H3,(H2,15,16,17)/t8-/m1/s1. The highest BCUT2D eigenvalue weighted by molar-refractivity contribution is 5.74. The molecule has 1 aliphatic heterocycles. The van der Waals surface area contributed by atoms with Crippen LogP contribution in [0.15, 0.2) is 0 Å². The summed E-state index contributed by atoms with van der Waals surface area (Å²) < 4.78 is 40.8. The van der Waals surface area contributed by atoms with Gasteiger partial charge in [0.15, 0.2) is 0 Å². The van der Waals surface area contributed by atoms with Gasteiger partial charge in [-0.15, -0.1) is 0 Å². The zero-order valence-corrected chi connectivity index (χ0v) is 10.3. The third-order valence-corrected chi connectivity index (χ3v) is 3.03. The van der Waals surface area contributed by atoms with Crippen LogP contribution in [0.1, 0.15) is 26.2 Å². The number of amides is 2. The number of hydrogen-bond donors (Lipinski definition) is 2. The normalized spacial score (nSPS) is 19.3. The van der Waals surface area contributed by atoms with Gasteiger partial charge in [0.25, 0.3) is 0 Å². The van der Waals surface area contributed by atoms with Gasteiger partial charge in [-0.2, -0.15) is 13.2 Å². The van der Waals surface area contributed by atoms with Crippen molar-refractivity contribution in [3.63, 3.8) is 0 Å². The van der Waals surface area contributed by atoms with E-state index in [-0.39, 0.29) is 6.04 Å². The predicted molar refractivity (Wildman–Crippen MR) is 60.2 cm³/mol. The van der Waals surface area contributed by atoms with Gasteiger partial charge in [-0.1, -0.05) is 0 Å². The lowest BCUT2D eigenvalue weighted by Gasteiger charge is -2.28. The van der Waals surface area contributed by atoms with Gasteiger partial charge in [0, 0.05) is 25.8 Å². The second kappa shape index (κ2) is 6.82. The molecular weight excluding hydrogens is 249 g/mol. The summed E-state index contributed by atoms with van der Waals surface area (Å²) in [4.78, 5) is 11.4. The van der Waals surface area contributed by atoms with E-state index in [1.165, 1.54) is 0 Å². The summed E-state index contributed by atoms with van der Waals surface area (Å²) in [5, 5.41) is 4.87. The Morgan fingerprint density at radius 2 is 2.00 bits per heavy atom. The first kappa shape index (κ1) is 15.1. The molecule has 0 aliphatic carbocycles. The van der Waals surface area contributed by atoms with Crippen LogP contribution in [0.3, 0.4) is 0 Å². The first-order valence-corrected chi connectivity index (χ1v) is 6.07. The molecule has 0 spiro atoms. The van der Waals surface area contributed by atoms with E-state index < -0.39 is 25.2 Å². The van der Waals surface area contributed by atoms with Crippen LogP contribution < -0.4 is 10.6 Å². The number of ether oxygens (including phenoxy) is 1. The number of carbonyl (C=O) groups excluding carboxylic acids is 1. The molecule has 2 N–H and O–H groups in total. The van der Waals surface area contributed by atoms with E-state index in [0.717, 1.165) is 12.8 Å². The van der Waals surface area contributed by atoms with E-state index >= 15 is 0 Å². The Morgan fingerprint density at radius 1 is 1.39 bits per heavy atom. The van der Waals surface area contributed by atoms with E-state index in [4.69, 9.17) is 4.74 Å². The summed E-state index contributed by atoms with van der Waals surface area (Å²) in [6.07, 6.45) is -3.51. The third kappa shape index (κ3) is 6.09. The molecule has 0 radical (unpaired) electrons. The van der Waals surface area contributed by atoms with E-state index in [1.54, 1.807) is 0 Å². The largest absolute Gasteiger partial charge is 0.390 e. The van der Waals surface area contributed by atoms with Crippen molar-refractivity contribution in [1.29, 1.82) is 0 Å². The molecule has 106 valence electrons. The molecule has 0 bridgehead atoms. The van der Waals surface area contributed by atoms with Crippen molar-refractivity contribution in [1.82, 2.24) is 10.6 Å². The second-order valence-corrected chi connectivity index (χ2v) is 4.50. The van der Waals surface area contributed by atoms with Crippen LogP contribution >= 0.6 is 0 Å². The Kier molecular flexibility index (Phi) is 5.71. The SMILES string of the molecule is C[C@@H](NC(=O)NCCC(F)(F)F)C1CCOCC1. The number of urea groups is 1. The van der Waals surface area contributed by atoms with Gasteiger partial charge in [0.05, 0.1) is 6.42 Å². The third-order valence-electron chi connectivity index (χ3n) is 3.03. The van der Waals surface area contributed by atoms with Gasteiger partial charge >= 0.3 is 12.2 Å². The van der Waals surface area contributed by atoms with Crippen molar-refractivity contribution in [2.45, 2.75) is 38.4 Å². The molecule has 2 amide bonds. The average molecular weight is 268 g/mol. The van der Waals surface area contributed by atoms with Crippen LogP contribution in [0, 0.1) is 5.92 Å². The van der Waals surface area contributed by atoms with Crippen LogP contribution in [0.4, 0.5) is 18.0 Å². The minimum absolute atomic E-state index is 0.0558. The molecule has 18 heavy (non-hydrogen) atoms. The fourth-order valence-corrected chi connectivity index (χ4v) is 1.91. The number of carbonyl (C=O) groups is 1. The molecule has 1 atom stereocenters.